The molecule has 0 spiro atoms. The Balaban J connectivity index is 1.50. The van der Waals surface area contributed by atoms with Gasteiger partial charge in [0.1, 0.15) is 4.34 Å². The monoisotopic (exact) mass is 477 g/mol. The third-order valence-electron chi connectivity index (χ3n) is 4.63. The van der Waals surface area contributed by atoms with Crippen molar-refractivity contribution < 1.29 is 27.5 Å². The van der Waals surface area contributed by atoms with Gasteiger partial charge in [0.15, 0.2) is 0 Å². The van der Waals surface area contributed by atoms with Crippen molar-refractivity contribution in [2.45, 2.75) is 24.7 Å². The van der Waals surface area contributed by atoms with Crippen LogP contribution in [0.4, 0.5) is 18.0 Å². The second-order valence-electron chi connectivity index (χ2n) is 6.55. The Morgan fingerprint density at radius 1 is 1.20 bits per heavy atom. The maximum atomic E-state index is 12.7. The van der Waals surface area contributed by atoms with Crippen LogP contribution in [-0.4, -0.2) is 29.2 Å². The Kier molecular flexibility index (Phi) is 5.33. The highest BCUT2D eigenvalue weighted by atomic mass is 35.5. The largest absolute Gasteiger partial charge is 0.471 e. The van der Waals surface area contributed by atoms with Crippen molar-refractivity contribution in [3.63, 3.8) is 0 Å². The van der Waals surface area contributed by atoms with Gasteiger partial charge in [-0.15, -0.1) is 11.3 Å². The molecular weight excluding hydrogens is 466 g/mol. The second-order valence-corrected chi connectivity index (χ2v) is 8.59. The highest BCUT2D eigenvalue weighted by Crippen LogP contribution is 2.40. The van der Waals surface area contributed by atoms with E-state index >= 15 is 0 Å². The number of amides is 2. The van der Waals surface area contributed by atoms with Crippen molar-refractivity contribution in [3.05, 3.63) is 50.8 Å². The minimum absolute atomic E-state index is 0.0960. The highest BCUT2D eigenvalue weighted by Gasteiger charge is 2.43. The summed E-state index contributed by atoms with van der Waals surface area (Å²) in [5, 5.41) is 4.78. The summed E-state index contributed by atoms with van der Waals surface area (Å²) in [5.74, 6) is -1.99. The van der Waals surface area contributed by atoms with Crippen LogP contribution >= 0.6 is 34.5 Å². The topological polar surface area (TPSA) is 83.2 Å². The molecule has 0 radical (unpaired) electrons. The van der Waals surface area contributed by atoms with Crippen LogP contribution in [-0.2, 0) is 11.2 Å². The molecule has 0 aliphatic heterocycles. The summed E-state index contributed by atoms with van der Waals surface area (Å²) in [6.07, 6.45) is -5.70. The zero-order valence-corrected chi connectivity index (χ0v) is 17.1. The van der Waals surface area contributed by atoms with E-state index in [-0.39, 0.29) is 12.3 Å². The molecule has 2 heterocycles. The zero-order valence-electron chi connectivity index (χ0n) is 14.8. The first-order chi connectivity index (χ1) is 14.1. The molecule has 0 bridgehead atoms. The predicted molar refractivity (Wildman–Crippen MR) is 106 cm³/mol. The molecule has 12 heteroatoms. The maximum Gasteiger partial charge on any atom is 0.471 e. The first kappa shape index (κ1) is 20.8. The minimum atomic E-state index is -5.04. The predicted octanol–water partition coefficient (Wildman–Crippen LogP) is 4.97. The van der Waals surface area contributed by atoms with Crippen molar-refractivity contribution >= 4 is 56.8 Å². The Morgan fingerprint density at radius 3 is 2.63 bits per heavy atom. The number of thiophene rings is 1. The molecular formula is C18H12Cl2F3N3O3S. The van der Waals surface area contributed by atoms with Crippen molar-refractivity contribution in [1.82, 2.24) is 15.6 Å². The van der Waals surface area contributed by atoms with Crippen LogP contribution in [0.2, 0.25) is 9.36 Å². The summed E-state index contributed by atoms with van der Waals surface area (Å²) in [4.78, 5) is 26.6. The molecule has 30 heavy (non-hydrogen) atoms. The van der Waals surface area contributed by atoms with E-state index in [2.05, 4.69) is 10.3 Å². The SMILES string of the molecule is O=C(N[C@@H]1Cc2ccccc2[C@H]1NC(=O)C(F)(F)F)Oc1cc2sc(Cl)c(Cl)c2[nH]1. The molecule has 4 rings (SSSR count). The maximum absolute atomic E-state index is 12.7. The van der Waals surface area contributed by atoms with E-state index in [9.17, 15) is 22.8 Å². The lowest BCUT2D eigenvalue weighted by atomic mass is 10.1. The third kappa shape index (κ3) is 3.94. The number of aromatic amines is 1. The van der Waals surface area contributed by atoms with Gasteiger partial charge in [0.2, 0.25) is 5.88 Å². The van der Waals surface area contributed by atoms with Crippen molar-refractivity contribution in [2.75, 3.05) is 0 Å². The molecule has 158 valence electrons. The molecule has 2 amide bonds. The first-order valence-corrected chi connectivity index (χ1v) is 10.1. The zero-order chi connectivity index (χ0) is 21.6. The highest BCUT2D eigenvalue weighted by molar-refractivity contribution is 7.23. The number of hydrogen-bond acceptors (Lipinski definition) is 4. The molecule has 1 aliphatic carbocycles. The van der Waals surface area contributed by atoms with Gasteiger partial charge in [-0.2, -0.15) is 13.2 Å². The van der Waals surface area contributed by atoms with Crippen molar-refractivity contribution in [1.29, 1.82) is 0 Å². The Bertz CT molecular complexity index is 1140. The Labute approximate surface area is 181 Å². The molecule has 2 atom stereocenters. The fourth-order valence-electron chi connectivity index (χ4n) is 3.36. The van der Waals surface area contributed by atoms with Crippen LogP contribution in [0.3, 0.4) is 0 Å². The fraction of sp³-hybridized carbons (Fsp3) is 0.222. The van der Waals surface area contributed by atoms with Gasteiger partial charge >= 0.3 is 18.2 Å². The number of ether oxygens (including phenoxy) is 1. The van der Waals surface area contributed by atoms with Crippen LogP contribution in [0.1, 0.15) is 17.2 Å². The summed E-state index contributed by atoms with van der Waals surface area (Å²) in [5.41, 5.74) is 1.73. The standard InChI is InChI=1S/C18H12Cl2F3N3O3S/c19-12-14-10(30-15(12)20)6-11(25-14)29-17(28)24-9-5-7-3-1-2-4-8(7)13(9)26-16(27)18(21,22)23/h1-4,6,9,13,25H,5H2,(H,24,28)(H,26,27)/t9-,13-/m1/s1. The number of benzene rings is 1. The second kappa shape index (κ2) is 7.68. The van der Waals surface area contributed by atoms with Gasteiger partial charge in [-0.25, -0.2) is 4.79 Å². The van der Waals surface area contributed by atoms with E-state index in [1.165, 1.54) is 17.4 Å². The molecule has 3 aromatic rings. The summed E-state index contributed by atoms with van der Waals surface area (Å²) >= 11 is 13.2. The number of aromatic nitrogens is 1. The lowest BCUT2D eigenvalue weighted by Gasteiger charge is -2.23. The van der Waals surface area contributed by atoms with E-state index in [1.54, 1.807) is 24.3 Å². The number of H-pyrrole nitrogens is 1. The number of nitrogens with one attached hydrogen (secondary N) is 3. The quantitative estimate of drug-likeness (QED) is 0.497. The summed E-state index contributed by atoms with van der Waals surface area (Å²) in [6.45, 7) is 0. The van der Waals surface area contributed by atoms with Gasteiger partial charge in [-0.05, 0) is 17.5 Å². The fourth-order valence-corrected chi connectivity index (χ4v) is 4.83. The summed E-state index contributed by atoms with van der Waals surface area (Å²) in [7, 11) is 0. The van der Waals surface area contributed by atoms with Crippen LogP contribution in [0, 0.1) is 0 Å². The lowest BCUT2D eigenvalue weighted by Crippen LogP contribution is -2.48. The Morgan fingerprint density at radius 2 is 1.93 bits per heavy atom. The average molecular weight is 478 g/mol. The molecule has 0 saturated heterocycles. The summed E-state index contributed by atoms with van der Waals surface area (Å²) < 4.78 is 44.5. The summed E-state index contributed by atoms with van der Waals surface area (Å²) in [6, 6.07) is 6.35. The van der Waals surface area contributed by atoms with E-state index in [0.717, 1.165) is 5.56 Å². The van der Waals surface area contributed by atoms with Crippen LogP contribution in [0.25, 0.3) is 10.2 Å². The number of alkyl halides is 3. The van der Waals surface area contributed by atoms with Crippen LogP contribution < -0.4 is 15.4 Å². The normalized spacial score (nSPS) is 18.3. The van der Waals surface area contributed by atoms with Crippen molar-refractivity contribution in [3.8, 4) is 5.88 Å². The number of fused-ring (bicyclic) bond motifs is 2. The molecule has 0 saturated carbocycles. The molecule has 0 fully saturated rings. The number of halogens is 5. The third-order valence-corrected chi connectivity index (χ3v) is 6.56. The molecule has 6 nitrogen and oxygen atoms in total. The lowest BCUT2D eigenvalue weighted by molar-refractivity contribution is -0.174. The van der Waals surface area contributed by atoms with Gasteiger partial charge < -0.3 is 20.4 Å². The van der Waals surface area contributed by atoms with Gasteiger partial charge in [0, 0.05) is 6.07 Å². The molecule has 1 aromatic carbocycles. The number of carbonyl (C=O) groups excluding carboxylic acids is 2. The van der Waals surface area contributed by atoms with E-state index in [1.807, 2.05) is 5.32 Å². The smallest absolute Gasteiger partial charge is 0.393 e. The molecule has 2 aromatic heterocycles. The minimum Gasteiger partial charge on any atom is -0.393 e. The van der Waals surface area contributed by atoms with E-state index in [4.69, 9.17) is 27.9 Å². The Hall–Kier alpha value is -2.43. The van der Waals surface area contributed by atoms with Crippen LogP contribution in [0.15, 0.2) is 30.3 Å². The molecule has 1 aliphatic rings. The number of rotatable bonds is 3. The van der Waals surface area contributed by atoms with Gasteiger partial charge in [-0.3, -0.25) is 4.79 Å². The van der Waals surface area contributed by atoms with Gasteiger partial charge in [-0.1, -0.05) is 47.5 Å². The van der Waals surface area contributed by atoms with E-state index < -0.39 is 30.3 Å². The van der Waals surface area contributed by atoms with Crippen molar-refractivity contribution in [2.24, 2.45) is 0 Å². The molecule has 0 unspecified atom stereocenters. The first-order valence-electron chi connectivity index (χ1n) is 8.54. The van der Waals surface area contributed by atoms with Crippen LogP contribution in [0.5, 0.6) is 5.88 Å². The van der Waals surface area contributed by atoms with Gasteiger partial charge in [0.05, 0.1) is 27.3 Å². The van der Waals surface area contributed by atoms with Gasteiger partial charge in [0.25, 0.3) is 0 Å². The molecule has 3 N–H and O–H groups in total. The number of hydrogen-bond donors (Lipinski definition) is 3. The average Bonchev–Trinajstić information content (AvgIpc) is 3.28. The van der Waals surface area contributed by atoms with E-state index in [0.29, 0.717) is 25.1 Å². The number of carbonyl (C=O) groups is 2.